The third-order valence-corrected chi connectivity index (χ3v) is 5.22. The zero-order valence-corrected chi connectivity index (χ0v) is 18.1. The van der Waals surface area contributed by atoms with E-state index in [4.69, 9.17) is 11.6 Å². The Balaban J connectivity index is 1.85. The molecule has 0 aliphatic carbocycles. The molecule has 0 aliphatic rings. The fourth-order valence-corrected chi connectivity index (χ4v) is 3.56. The van der Waals surface area contributed by atoms with Crippen LogP contribution >= 0.6 is 11.6 Å². The Kier molecular flexibility index (Phi) is 7.98. The lowest BCUT2D eigenvalue weighted by atomic mass is 9.99. The number of aliphatic hydroxyl groups is 1. The highest BCUT2D eigenvalue weighted by atomic mass is 35.5. The van der Waals surface area contributed by atoms with Crippen LogP contribution in [0.1, 0.15) is 35.7 Å². The molecule has 0 saturated heterocycles. The zero-order chi connectivity index (χ0) is 22.2. The average molecular weight is 440 g/mol. The molecule has 2 amide bonds. The Hall–Kier alpha value is -2.96. The summed E-state index contributed by atoms with van der Waals surface area (Å²) in [6.07, 6.45) is 0.641. The molecule has 0 spiro atoms. The van der Waals surface area contributed by atoms with Crippen molar-refractivity contribution in [3.8, 4) is 0 Å². The van der Waals surface area contributed by atoms with Crippen molar-refractivity contribution in [1.29, 1.82) is 0 Å². The molecule has 3 aromatic rings. The molecule has 2 unspecified atom stereocenters. The highest BCUT2D eigenvalue weighted by molar-refractivity contribution is 6.30. The van der Waals surface area contributed by atoms with Crippen LogP contribution < -0.4 is 10.6 Å². The summed E-state index contributed by atoms with van der Waals surface area (Å²) in [7, 11) is 0. The zero-order valence-electron chi connectivity index (χ0n) is 17.3. The molecule has 2 aromatic carbocycles. The van der Waals surface area contributed by atoms with Crippen LogP contribution in [0, 0.1) is 0 Å². The summed E-state index contributed by atoms with van der Waals surface area (Å²) < 4.78 is 0. The summed E-state index contributed by atoms with van der Waals surface area (Å²) in [5.74, 6) is -0.936. The first-order valence-electron chi connectivity index (χ1n) is 10.4. The highest BCUT2D eigenvalue weighted by Crippen LogP contribution is 2.21. The van der Waals surface area contributed by atoms with E-state index < -0.39 is 24.0 Å². The summed E-state index contributed by atoms with van der Waals surface area (Å²) in [5.41, 5.74) is 1.83. The predicted octanol–water partition coefficient (Wildman–Crippen LogP) is 3.51. The molecule has 162 valence electrons. The molecule has 0 radical (unpaired) electrons. The number of pyridine rings is 1. The molecule has 0 saturated carbocycles. The molecular weight excluding hydrogens is 414 g/mol. The van der Waals surface area contributed by atoms with Gasteiger partial charge in [-0.25, -0.2) is 4.98 Å². The number of nitrogens with one attached hydrogen (secondary N) is 2. The first-order chi connectivity index (χ1) is 15.0. The average Bonchev–Trinajstić information content (AvgIpc) is 2.78. The molecule has 6 nitrogen and oxygen atoms in total. The van der Waals surface area contributed by atoms with Crippen LogP contribution in [0.4, 0.5) is 0 Å². The fraction of sp³-hybridized carbons (Fsp3) is 0.292. The number of hydrogen-bond acceptors (Lipinski definition) is 4. The van der Waals surface area contributed by atoms with E-state index in [0.717, 1.165) is 18.4 Å². The van der Waals surface area contributed by atoms with E-state index >= 15 is 0 Å². The SMILES string of the molecule is CCCCNC(=O)C(O)C(Cc1ccccc1)NC(=O)c1cc(Cl)nc2ccccc12. The third-order valence-electron chi connectivity index (χ3n) is 5.02. The summed E-state index contributed by atoms with van der Waals surface area (Å²) >= 11 is 6.11. The number of carbonyl (C=O) groups excluding carboxylic acids is 2. The van der Waals surface area contributed by atoms with E-state index in [1.807, 2.05) is 49.4 Å². The number of amides is 2. The first kappa shape index (κ1) is 22.7. The van der Waals surface area contributed by atoms with Gasteiger partial charge in [0.2, 0.25) is 0 Å². The Morgan fingerprint density at radius 1 is 1.10 bits per heavy atom. The van der Waals surface area contributed by atoms with Gasteiger partial charge in [0, 0.05) is 11.9 Å². The molecule has 7 heteroatoms. The van der Waals surface area contributed by atoms with Crippen molar-refractivity contribution < 1.29 is 14.7 Å². The van der Waals surface area contributed by atoms with Gasteiger partial charge in [0.1, 0.15) is 5.15 Å². The van der Waals surface area contributed by atoms with Crippen LogP contribution in [0.3, 0.4) is 0 Å². The smallest absolute Gasteiger partial charge is 0.252 e. The van der Waals surface area contributed by atoms with Gasteiger partial charge >= 0.3 is 0 Å². The minimum atomic E-state index is -1.40. The maximum Gasteiger partial charge on any atom is 0.252 e. The highest BCUT2D eigenvalue weighted by Gasteiger charge is 2.28. The minimum Gasteiger partial charge on any atom is -0.381 e. The van der Waals surface area contributed by atoms with Gasteiger partial charge in [-0.2, -0.15) is 0 Å². The lowest BCUT2D eigenvalue weighted by Gasteiger charge is -2.24. The lowest BCUT2D eigenvalue weighted by molar-refractivity contribution is -0.130. The topological polar surface area (TPSA) is 91.3 Å². The van der Waals surface area contributed by atoms with Crippen molar-refractivity contribution in [3.05, 3.63) is 76.9 Å². The van der Waals surface area contributed by atoms with Gasteiger partial charge in [0.25, 0.3) is 11.8 Å². The van der Waals surface area contributed by atoms with Crippen molar-refractivity contribution in [1.82, 2.24) is 15.6 Å². The molecule has 31 heavy (non-hydrogen) atoms. The maximum atomic E-state index is 13.2. The number of hydrogen-bond donors (Lipinski definition) is 3. The fourth-order valence-electron chi connectivity index (χ4n) is 3.36. The monoisotopic (exact) mass is 439 g/mol. The second-order valence-corrected chi connectivity index (χ2v) is 7.76. The second-order valence-electron chi connectivity index (χ2n) is 7.37. The van der Waals surface area contributed by atoms with Gasteiger partial charge in [0.05, 0.1) is 17.1 Å². The minimum absolute atomic E-state index is 0.196. The van der Waals surface area contributed by atoms with Crippen molar-refractivity contribution in [2.45, 2.75) is 38.3 Å². The number of halogens is 1. The van der Waals surface area contributed by atoms with E-state index in [9.17, 15) is 14.7 Å². The molecule has 1 aromatic heterocycles. The molecule has 0 fully saturated rings. The van der Waals surface area contributed by atoms with Gasteiger partial charge in [-0.3, -0.25) is 9.59 Å². The van der Waals surface area contributed by atoms with E-state index in [1.165, 1.54) is 6.07 Å². The molecule has 3 rings (SSSR count). The standard InChI is InChI=1S/C24H26ClN3O3/c1-2-3-13-26-24(31)22(29)20(14-16-9-5-4-6-10-16)28-23(30)18-15-21(25)27-19-12-8-7-11-17(18)19/h4-12,15,20,22,29H,2-3,13-14H2,1H3,(H,26,31)(H,28,30). The Labute approximate surface area is 186 Å². The van der Waals surface area contributed by atoms with Gasteiger partial charge in [-0.15, -0.1) is 0 Å². The lowest BCUT2D eigenvalue weighted by Crippen LogP contribution is -2.51. The molecule has 0 bridgehead atoms. The van der Waals surface area contributed by atoms with Crippen LogP contribution in [0.2, 0.25) is 5.15 Å². The van der Waals surface area contributed by atoms with Crippen LogP contribution in [0.25, 0.3) is 10.9 Å². The van der Waals surface area contributed by atoms with Crippen LogP contribution in [-0.4, -0.2) is 40.6 Å². The Morgan fingerprint density at radius 2 is 1.81 bits per heavy atom. The number of unbranched alkanes of at least 4 members (excludes halogenated alkanes) is 1. The first-order valence-corrected chi connectivity index (χ1v) is 10.7. The van der Waals surface area contributed by atoms with E-state index in [2.05, 4.69) is 15.6 Å². The second kappa shape index (κ2) is 10.9. The predicted molar refractivity (Wildman–Crippen MR) is 122 cm³/mol. The van der Waals surface area contributed by atoms with Gasteiger partial charge in [-0.05, 0) is 30.5 Å². The summed E-state index contributed by atoms with van der Waals surface area (Å²) in [6, 6.07) is 17.3. The van der Waals surface area contributed by atoms with Crippen molar-refractivity contribution in [2.24, 2.45) is 0 Å². The Morgan fingerprint density at radius 3 is 2.55 bits per heavy atom. The number of aliphatic hydroxyl groups excluding tert-OH is 1. The van der Waals surface area contributed by atoms with E-state index in [1.54, 1.807) is 12.1 Å². The van der Waals surface area contributed by atoms with Crippen molar-refractivity contribution in [3.63, 3.8) is 0 Å². The van der Waals surface area contributed by atoms with Crippen LogP contribution in [0.15, 0.2) is 60.7 Å². The summed E-state index contributed by atoms with van der Waals surface area (Å²) in [4.78, 5) is 29.9. The van der Waals surface area contributed by atoms with Crippen LogP contribution in [-0.2, 0) is 11.2 Å². The van der Waals surface area contributed by atoms with Gasteiger partial charge in [-0.1, -0.05) is 73.5 Å². The van der Waals surface area contributed by atoms with Gasteiger partial charge < -0.3 is 15.7 Å². The summed E-state index contributed by atoms with van der Waals surface area (Å²) in [5, 5.41) is 17.1. The number of aromatic nitrogens is 1. The third kappa shape index (κ3) is 6.03. The number of nitrogens with zero attached hydrogens (tertiary/aromatic N) is 1. The van der Waals surface area contributed by atoms with Crippen molar-refractivity contribution >= 4 is 34.3 Å². The molecule has 3 N–H and O–H groups in total. The van der Waals surface area contributed by atoms with Crippen LogP contribution in [0.5, 0.6) is 0 Å². The van der Waals surface area contributed by atoms with E-state index in [-0.39, 0.29) is 5.15 Å². The molecule has 1 heterocycles. The normalized spacial score (nSPS) is 12.9. The summed E-state index contributed by atoms with van der Waals surface area (Å²) in [6.45, 7) is 2.49. The number of rotatable bonds is 9. The number of para-hydroxylation sites is 1. The number of benzene rings is 2. The number of fused-ring (bicyclic) bond motifs is 1. The molecule has 0 aliphatic heterocycles. The Bertz CT molecular complexity index is 1040. The molecular formula is C24H26ClN3O3. The van der Waals surface area contributed by atoms with Gasteiger partial charge in [0.15, 0.2) is 6.10 Å². The number of carbonyl (C=O) groups is 2. The largest absolute Gasteiger partial charge is 0.381 e. The van der Waals surface area contributed by atoms with E-state index in [0.29, 0.717) is 29.4 Å². The quantitative estimate of drug-likeness (QED) is 0.351. The maximum absolute atomic E-state index is 13.2. The molecule has 2 atom stereocenters. The van der Waals surface area contributed by atoms with Crippen molar-refractivity contribution in [2.75, 3.05) is 6.54 Å².